The molecule has 2 amide bonds. The van der Waals surface area contributed by atoms with Crippen LogP contribution < -0.4 is 10.6 Å². The van der Waals surface area contributed by atoms with E-state index in [0.717, 1.165) is 36.6 Å². The van der Waals surface area contributed by atoms with Crippen LogP contribution in [0.2, 0.25) is 0 Å². The van der Waals surface area contributed by atoms with Crippen molar-refractivity contribution in [3.63, 3.8) is 0 Å². The molecule has 0 aliphatic carbocycles. The molecule has 136 valence electrons. The van der Waals surface area contributed by atoms with Crippen LogP contribution >= 0.6 is 11.8 Å². The molecule has 1 aromatic carbocycles. The predicted octanol–water partition coefficient (Wildman–Crippen LogP) is 2.61. The lowest BCUT2D eigenvalue weighted by Gasteiger charge is -2.21. The molecule has 4 rings (SSSR count). The van der Waals surface area contributed by atoms with Gasteiger partial charge in [-0.1, -0.05) is 0 Å². The van der Waals surface area contributed by atoms with Gasteiger partial charge in [0.15, 0.2) is 5.82 Å². The topological polar surface area (TPSA) is 85.3 Å². The molecule has 1 saturated heterocycles. The second-order valence-corrected chi connectivity index (χ2v) is 7.48. The van der Waals surface area contributed by atoms with Crippen LogP contribution in [-0.4, -0.2) is 40.6 Å². The monoisotopic (exact) mass is 372 g/mol. The van der Waals surface area contributed by atoms with Crippen molar-refractivity contribution in [3.05, 3.63) is 35.5 Å². The summed E-state index contributed by atoms with van der Waals surface area (Å²) in [6.07, 6.45) is 1.93. The Morgan fingerprint density at radius 3 is 2.96 bits per heavy atom. The van der Waals surface area contributed by atoms with Gasteiger partial charge in [0.1, 0.15) is 0 Å². The van der Waals surface area contributed by atoms with E-state index in [9.17, 15) is 9.59 Å². The third-order valence-corrected chi connectivity index (χ3v) is 5.75. The summed E-state index contributed by atoms with van der Waals surface area (Å²) >= 11 is 1.47. The average molecular weight is 372 g/mol. The van der Waals surface area contributed by atoms with Gasteiger partial charge in [-0.25, -0.2) is 0 Å². The molecule has 1 aromatic heterocycles. The van der Waals surface area contributed by atoms with Crippen LogP contribution in [0.1, 0.15) is 34.8 Å². The number of nitrogens with one attached hydrogen (secondary N) is 2. The van der Waals surface area contributed by atoms with Gasteiger partial charge in [0.05, 0.1) is 11.4 Å². The van der Waals surface area contributed by atoms with Crippen molar-refractivity contribution in [2.24, 2.45) is 7.05 Å². The summed E-state index contributed by atoms with van der Waals surface area (Å²) in [4.78, 5) is 25.1. The Hall–Kier alpha value is -2.32. The number of benzene rings is 1. The van der Waals surface area contributed by atoms with Gasteiger partial charge in [-0.2, -0.15) is 5.10 Å². The molecule has 2 aliphatic rings. The van der Waals surface area contributed by atoms with Crippen molar-refractivity contribution in [1.29, 1.82) is 0 Å². The smallest absolute Gasteiger partial charge is 0.256 e. The van der Waals surface area contributed by atoms with Crippen LogP contribution in [0.3, 0.4) is 0 Å². The highest BCUT2D eigenvalue weighted by Gasteiger charge is 2.21. The number of amides is 2. The van der Waals surface area contributed by atoms with Gasteiger partial charge in [0.25, 0.3) is 5.91 Å². The first-order chi connectivity index (χ1) is 12.6. The van der Waals surface area contributed by atoms with Gasteiger partial charge in [0.2, 0.25) is 5.91 Å². The number of aromatic nitrogens is 2. The van der Waals surface area contributed by atoms with Crippen molar-refractivity contribution >= 4 is 35.1 Å². The first kappa shape index (κ1) is 17.1. The summed E-state index contributed by atoms with van der Waals surface area (Å²) in [7, 11) is 1.89. The maximum atomic E-state index is 12.6. The SMILES string of the molecule is Cn1nc(NC(=O)c2ccc3c(c2)NC(=O)CS3)cc1C1CCOCC1. The van der Waals surface area contributed by atoms with E-state index in [1.165, 1.54) is 11.8 Å². The number of hydrogen-bond donors (Lipinski definition) is 2. The van der Waals surface area contributed by atoms with E-state index in [1.807, 2.05) is 23.9 Å². The number of aryl methyl sites for hydroxylation is 1. The highest BCUT2D eigenvalue weighted by Crippen LogP contribution is 2.32. The molecule has 0 spiro atoms. The largest absolute Gasteiger partial charge is 0.381 e. The third-order valence-electron chi connectivity index (χ3n) is 4.67. The molecule has 0 bridgehead atoms. The number of hydrogen-bond acceptors (Lipinski definition) is 5. The van der Waals surface area contributed by atoms with Crippen LogP contribution in [0.25, 0.3) is 0 Å². The van der Waals surface area contributed by atoms with Gasteiger partial charge < -0.3 is 15.4 Å². The van der Waals surface area contributed by atoms with Crippen LogP contribution in [0.5, 0.6) is 0 Å². The lowest BCUT2D eigenvalue weighted by Crippen LogP contribution is -2.20. The van der Waals surface area contributed by atoms with Gasteiger partial charge in [0, 0.05) is 48.4 Å². The van der Waals surface area contributed by atoms with E-state index in [2.05, 4.69) is 15.7 Å². The number of carbonyl (C=O) groups is 2. The van der Waals surface area contributed by atoms with E-state index in [-0.39, 0.29) is 11.8 Å². The molecule has 0 saturated carbocycles. The van der Waals surface area contributed by atoms with Gasteiger partial charge in [-0.15, -0.1) is 11.8 Å². The summed E-state index contributed by atoms with van der Waals surface area (Å²) in [5, 5.41) is 10.1. The Balaban J connectivity index is 1.50. The number of thioether (sulfide) groups is 1. The quantitative estimate of drug-likeness (QED) is 0.865. The molecule has 0 atom stereocenters. The molecule has 0 unspecified atom stereocenters. The summed E-state index contributed by atoms with van der Waals surface area (Å²) in [5.74, 6) is 1.06. The van der Waals surface area contributed by atoms with E-state index in [1.54, 1.807) is 12.1 Å². The zero-order valence-corrected chi connectivity index (χ0v) is 15.3. The summed E-state index contributed by atoms with van der Waals surface area (Å²) in [6.45, 7) is 1.52. The van der Waals surface area contributed by atoms with Gasteiger partial charge in [-0.3, -0.25) is 14.3 Å². The van der Waals surface area contributed by atoms with Crippen molar-refractivity contribution in [3.8, 4) is 0 Å². The molecular weight excluding hydrogens is 352 g/mol. The van der Waals surface area contributed by atoms with Crippen LogP contribution in [0.15, 0.2) is 29.2 Å². The minimum atomic E-state index is -0.241. The predicted molar refractivity (Wildman–Crippen MR) is 99.8 cm³/mol. The van der Waals surface area contributed by atoms with Crippen molar-refractivity contribution < 1.29 is 14.3 Å². The number of carbonyl (C=O) groups excluding carboxylic acids is 2. The first-order valence-corrected chi connectivity index (χ1v) is 9.58. The first-order valence-electron chi connectivity index (χ1n) is 8.60. The van der Waals surface area contributed by atoms with E-state index in [4.69, 9.17) is 4.74 Å². The van der Waals surface area contributed by atoms with E-state index >= 15 is 0 Å². The Kier molecular flexibility index (Phi) is 4.69. The highest BCUT2D eigenvalue weighted by atomic mass is 32.2. The van der Waals surface area contributed by atoms with Crippen molar-refractivity contribution in [2.45, 2.75) is 23.7 Å². The van der Waals surface area contributed by atoms with Crippen LogP contribution in [0.4, 0.5) is 11.5 Å². The molecule has 8 heteroatoms. The molecular formula is C18H20N4O3S. The number of fused-ring (bicyclic) bond motifs is 1. The molecule has 2 aliphatic heterocycles. The maximum absolute atomic E-state index is 12.6. The summed E-state index contributed by atoms with van der Waals surface area (Å²) < 4.78 is 7.24. The summed E-state index contributed by atoms with van der Waals surface area (Å²) in [5.41, 5.74) is 2.28. The standard InChI is InChI=1S/C18H20N4O3S/c1-22-14(11-4-6-25-7-5-11)9-16(21-22)20-18(24)12-2-3-15-13(8-12)19-17(23)10-26-15/h2-3,8-9,11H,4-7,10H2,1H3,(H,19,23)(H,20,21,24). The Labute approximate surface area is 155 Å². The number of anilines is 2. The molecule has 3 heterocycles. The zero-order chi connectivity index (χ0) is 18.1. The maximum Gasteiger partial charge on any atom is 0.256 e. The second kappa shape index (κ2) is 7.13. The zero-order valence-electron chi connectivity index (χ0n) is 14.4. The Morgan fingerprint density at radius 2 is 2.15 bits per heavy atom. The lowest BCUT2D eigenvalue weighted by molar-refractivity contribution is -0.113. The number of ether oxygens (including phenoxy) is 1. The van der Waals surface area contributed by atoms with E-state index in [0.29, 0.717) is 28.7 Å². The third kappa shape index (κ3) is 3.47. The minimum Gasteiger partial charge on any atom is -0.381 e. The molecule has 7 nitrogen and oxygen atoms in total. The van der Waals surface area contributed by atoms with E-state index < -0.39 is 0 Å². The second-order valence-electron chi connectivity index (χ2n) is 6.47. The molecule has 0 radical (unpaired) electrons. The summed E-state index contributed by atoms with van der Waals surface area (Å²) in [6, 6.07) is 7.27. The van der Waals surface area contributed by atoms with Crippen LogP contribution in [0, 0.1) is 0 Å². The number of nitrogens with zero attached hydrogens (tertiary/aromatic N) is 2. The van der Waals surface area contributed by atoms with Crippen molar-refractivity contribution in [1.82, 2.24) is 9.78 Å². The molecule has 1 fully saturated rings. The molecule has 2 aromatic rings. The fourth-order valence-corrected chi connectivity index (χ4v) is 4.12. The van der Waals surface area contributed by atoms with Gasteiger partial charge in [-0.05, 0) is 31.0 Å². The molecule has 2 N–H and O–H groups in total. The van der Waals surface area contributed by atoms with Crippen LogP contribution in [-0.2, 0) is 16.6 Å². The molecule has 26 heavy (non-hydrogen) atoms. The van der Waals surface area contributed by atoms with Crippen molar-refractivity contribution in [2.75, 3.05) is 29.6 Å². The minimum absolute atomic E-state index is 0.0501. The fraction of sp³-hybridized carbons (Fsp3) is 0.389. The normalized spacial score (nSPS) is 17.5. The highest BCUT2D eigenvalue weighted by molar-refractivity contribution is 8.00. The fourth-order valence-electron chi connectivity index (χ4n) is 3.33. The average Bonchev–Trinajstić information content (AvgIpc) is 3.02. The Morgan fingerprint density at radius 1 is 1.35 bits per heavy atom. The van der Waals surface area contributed by atoms with Gasteiger partial charge >= 0.3 is 0 Å². The number of rotatable bonds is 3. The lowest BCUT2D eigenvalue weighted by atomic mass is 9.96. The Bertz CT molecular complexity index is 858.